The predicted molar refractivity (Wildman–Crippen MR) is 58.8 cm³/mol. The van der Waals surface area contributed by atoms with Gasteiger partial charge in [0.2, 0.25) is 0 Å². The second-order valence-electron chi connectivity index (χ2n) is 4.39. The molecule has 0 radical (unpaired) electrons. The standard InChI is InChI=1S/C10H15N3O3/c1-10(2,3)16-7(14)4-6-5-12-9(11)13-8(6)15/h5H,4H2,1-3H3,(H3,11,12,13,15). The van der Waals surface area contributed by atoms with Crippen LogP contribution in [0.2, 0.25) is 0 Å². The maximum Gasteiger partial charge on any atom is 0.311 e. The van der Waals surface area contributed by atoms with Gasteiger partial charge in [-0.3, -0.25) is 14.6 Å². The van der Waals surface area contributed by atoms with E-state index in [2.05, 4.69) is 9.97 Å². The second-order valence-corrected chi connectivity index (χ2v) is 4.39. The number of nitrogens with one attached hydrogen (secondary N) is 1. The van der Waals surface area contributed by atoms with Gasteiger partial charge in [-0.15, -0.1) is 0 Å². The highest BCUT2D eigenvalue weighted by molar-refractivity contribution is 5.72. The highest BCUT2D eigenvalue weighted by Gasteiger charge is 2.17. The third-order valence-corrected chi connectivity index (χ3v) is 1.65. The fourth-order valence-corrected chi connectivity index (χ4v) is 1.09. The lowest BCUT2D eigenvalue weighted by Crippen LogP contribution is -2.27. The van der Waals surface area contributed by atoms with Crippen molar-refractivity contribution >= 4 is 11.9 Å². The zero-order valence-electron chi connectivity index (χ0n) is 9.53. The van der Waals surface area contributed by atoms with E-state index in [9.17, 15) is 9.59 Å². The van der Waals surface area contributed by atoms with Crippen molar-refractivity contribution in [1.29, 1.82) is 0 Å². The van der Waals surface area contributed by atoms with Gasteiger partial charge >= 0.3 is 5.97 Å². The normalized spacial score (nSPS) is 11.2. The van der Waals surface area contributed by atoms with E-state index >= 15 is 0 Å². The van der Waals surface area contributed by atoms with Gasteiger partial charge in [0.15, 0.2) is 5.95 Å². The van der Waals surface area contributed by atoms with Gasteiger partial charge in [-0.05, 0) is 20.8 Å². The van der Waals surface area contributed by atoms with E-state index in [-0.39, 0.29) is 17.9 Å². The van der Waals surface area contributed by atoms with Crippen LogP contribution < -0.4 is 11.3 Å². The van der Waals surface area contributed by atoms with Crippen molar-refractivity contribution in [2.45, 2.75) is 32.8 Å². The molecule has 0 unspecified atom stereocenters. The van der Waals surface area contributed by atoms with Crippen LogP contribution in [-0.2, 0) is 16.0 Å². The first-order valence-corrected chi connectivity index (χ1v) is 4.83. The highest BCUT2D eigenvalue weighted by atomic mass is 16.6. The lowest BCUT2D eigenvalue weighted by Gasteiger charge is -2.19. The Morgan fingerprint density at radius 2 is 2.19 bits per heavy atom. The van der Waals surface area contributed by atoms with Crippen molar-refractivity contribution in [2.75, 3.05) is 5.73 Å². The molecule has 6 nitrogen and oxygen atoms in total. The Labute approximate surface area is 92.8 Å². The van der Waals surface area contributed by atoms with Crippen molar-refractivity contribution in [3.63, 3.8) is 0 Å². The number of aromatic nitrogens is 2. The first-order chi connectivity index (χ1) is 7.28. The first kappa shape index (κ1) is 12.2. The molecular formula is C10H15N3O3. The number of carbonyl (C=O) groups is 1. The van der Waals surface area contributed by atoms with Gasteiger partial charge in [-0.25, -0.2) is 4.98 Å². The van der Waals surface area contributed by atoms with Gasteiger partial charge in [-0.2, -0.15) is 0 Å². The van der Waals surface area contributed by atoms with Crippen LogP contribution in [-0.4, -0.2) is 21.5 Å². The zero-order valence-corrected chi connectivity index (χ0v) is 9.53. The van der Waals surface area contributed by atoms with Crippen LogP contribution >= 0.6 is 0 Å². The number of esters is 1. The Bertz CT molecular complexity index is 445. The summed E-state index contributed by atoms with van der Waals surface area (Å²) < 4.78 is 5.08. The van der Waals surface area contributed by atoms with E-state index in [0.717, 1.165) is 0 Å². The molecule has 3 N–H and O–H groups in total. The summed E-state index contributed by atoms with van der Waals surface area (Å²) in [7, 11) is 0. The van der Waals surface area contributed by atoms with Crippen LogP contribution in [0.15, 0.2) is 11.0 Å². The van der Waals surface area contributed by atoms with Gasteiger partial charge in [0.1, 0.15) is 5.60 Å². The minimum absolute atomic E-state index is 0.0259. The molecule has 0 aliphatic heterocycles. The maximum atomic E-state index is 11.4. The summed E-state index contributed by atoms with van der Waals surface area (Å²) in [5.74, 6) is -0.442. The molecule has 0 atom stereocenters. The Hall–Kier alpha value is -1.85. The fraction of sp³-hybridized carbons (Fsp3) is 0.500. The lowest BCUT2D eigenvalue weighted by atomic mass is 10.2. The minimum Gasteiger partial charge on any atom is -0.460 e. The molecular weight excluding hydrogens is 210 g/mol. The van der Waals surface area contributed by atoms with Crippen LogP contribution in [0, 0.1) is 0 Å². The molecule has 88 valence electrons. The molecule has 0 aliphatic rings. The average Bonchev–Trinajstić information content (AvgIpc) is 2.06. The number of hydrogen-bond donors (Lipinski definition) is 2. The minimum atomic E-state index is -0.564. The third-order valence-electron chi connectivity index (χ3n) is 1.65. The molecule has 1 rings (SSSR count). The van der Waals surface area contributed by atoms with Crippen molar-refractivity contribution in [3.8, 4) is 0 Å². The molecule has 16 heavy (non-hydrogen) atoms. The number of carbonyl (C=O) groups excluding carboxylic acids is 1. The molecule has 0 aromatic carbocycles. The van der Waals surface area contributed by atoms with Crippen LogP contribution in [0.1, 0.15) is 26.3 Å². The Balaban J connectivity index is 2.74. The summed E-state index contributed by atoms with van der Waals surface area (Å²) in [6.07, 6.45) is 1.16. The summed E-state index contributed by atoms with van der Waals surface area (Å²) in [5, 5.41) is 0. The van der Waals surface area contributed by atoms with Gasteiger partial charge in [0.05, 0.1) is 6.42 Å². The SMILES string of the molecule is CC(C)(C)OC(=O)Cc1cnc(N)[nH]c1=O. The van der Waals surface area contributed by atoms with Gasteiger partial charge < -0.3 is 10.5 Å². The number of nitrogens with zero attached hydrogens (tertiary/aromatic N) is 1. The van der Waals surface area contributed by atoms with Crippen LogP contribution in [0.25, 0.3) is 0 Å². The summed E-state index contributed by atoms with van der Waals surface area (Å²) in [6, 6.07) is 0. The molecule has 0 aliphatic carbocycles. The summed E-state index contributed by atoms with van der Waals surface area (Å²) in [5.41, 5.74) is 4.53. The Morgan fingerprint density at radius 3 is 2.69 bits per heavy atom. The van der Waals surface area contributed by atoms with Gasteiger partial charge in [0, 0.05) is 11.8 Å². The van der Waals surface area contributed by atoms with Crippen molar-refractivity contribution in [1.82, 2.24) is 9.97 Å². The Kier molecular flexibility index (Phi) is 3.31. The molecule has 1 heterocycles. The van der Waals surface area contributed by atoms with Crippen molar-refractivity contribution < 1.29 is 9.53 Å². The number of hydrogen-bond acceptors (Lipinski definition) is 5. The van der Waals surface area contributed by atoms with Gasteiger partial charge in [0.25, 0.3) is 5.56 Å². The van der Waals surface area contributed by atoms with E-state index < -0.39 is 17.1 Å². The largest absolute Gasteiger partial charge is 0.460 e. The first-order valence-electron chi connectivity index (χ1n) is 4.83. The highest BCUT2D eigenvalue weighted by Crippen LogP contribution is 2.08. The molecule has 0 fully saturated rings. The Morgan fingerprint density at radius 1 is 1.56 bits per heavy atom. The molecule has 0 saturated heterocycles. The van der Waals surface area contributed by atoms with Crippen LogP contribution in [0.3, 0.4) is 0 Å². The smallest absolute Gasteiger partial charge is 0.311 e. The predicted octanol–water partition coefficient (Wildman–Crippen LogP) is 0.236. The molecule has 0 amide bonds. The summed E-state index contributed by atoms with van der Waals surface area (Å²) in [6.45, 7) is 5.28. The number of aromatic amines is 1. The number of H-pyrrole nitrogens is 1. The molecule has 1 aromatic rings. The number of anilines is 1. The number of rotatable bonds is 2. The lowest BCUT2D eigenvalue weighted by molar-refractivity contribution is -0.153. The van der Waals surface area contributed by atoms with Crippen molar-refractivity contribution in [3.05, 3.63) is 22.1 Å². The molecule has 0 bridgehead atoms. The number of ether oxygens (including phenoxy) is 1. The van der Waals surface area contributed by atoms with E-state index in [1.807, 2.05) is 0 Å². The molecule has 0 spiro atoms. The van der Waals surface area contributed by atoms with Crippen LogP contribution in [0.4, 0.5) is 5.95 Å². The molecule has 0 saturated carbocycles. The molecule has 1 aromatic heterocycles. The van der Waals surface area contributed by atoms with Crippen LogP contribution in [0.5, 0.6) is 0 Å². The van der Waals surface area contributed by atoms with E-state index in [1.54, 1.807) is 20.8 Å². The topological polar surface area (TPSA) is 98.1 Å². The second kappa shape index (κ2) is 4.34. The number of nitrogens with two attached hydrogens (primary N) is 1. The third kappa shape index (κ3) is 3.72. The fourth-order valence-electron chi connectivity index (χ4n) is 1.09. The average molecular weight is 225 g/mol. The maximum absolute atomic E-state index is 11.4. The quantitative estimate of drug-likeness (QED) is 0.702. The monoisotopic (exact) mass is 225 g/mol. The molecule has 6 heteroatoms. The van der Waals surface area contributed by atoms with Gasteiger partial charge in [-0.1, -0.05) is 0 Å². The van der Waals surface area contributed by atoms with Crippen molar-refractivity contribution in [2.24, 2.45) is 0 Å². The van der Waals surface area contributed by atoms with E-state index in [0.29, 0.717) is 0 Å². The van der Waals surface area contributed by atoms with E-state index in [1.165, 1.54) is 6.20 Å². The zero-order chi connectivity index (χ0) is 12.3. The van der Waals surface area contributed by atoms with E-state index in [4.69, 9.17) is 10.5 Å². The summed E-state index contributed by atoms with van der Waals surface area (Å²) in [4.78, 5) is 28.8. The number of nitrogen functional groups attached to an aromatic ring is 1. The summed E-state index contributed by atoms with van der Waals surface area (Å²) >= 11 is 0.